The highest BCUT2D eigenvalue weighted by atomic mass is 16.3. The molecule has 2 atom stereocenters. The fourth-order valence-electron chi connectivity index (χ4n) is 2.38. The van der Waals surface area contributed by atoms with Crippen molar-refractivity contribution in [2.45, 2.75) is 38.8 Å². The van der Waals surface area contributed by atoms with E-state index in [9.17, 15) is 4.79 Å². The van der Waals surface area contributed by atoms with Gasteiger partial charge >= 0.3 is 6.03 Å². The first-order valence-electron chi connectivity index (χ1n) is 7.92. The van der Waals surface area contributed by atoms with Crippen molar-refractivity contribution in [3.8, 4) is 0 Å². The first-order valence-corrected chi connectivity index (χ1v) is 7.92. The van der Waals surface area contributed by atoms with E-state index < -0.39 is 0 Å². The number of hydrogen-bond donors (Lipinski definition) is 3. The lowest BCUT2D eigenvalue weighted by molar-refractivity contribution is 0.237. The van der Waals surface area contributed by atoms with Crippen molar-refractivity contribution in [3.05, 3.63) is 48.2 Å². The highest BCUT2D eigenvalue weighted by molar-refractivity contribution is 5.88. The van der Waals surface area contributed by atoms with E-state index in [2.05, 4.69) is 22.7 Å². The molecule has 0 spiro atoms. The van der Waals surface area contributed by atoms with E-state index in [-0.39, 0.29) is 24.7 Å². The van der Waals surface area contributed by atoms with Gasteiger partial charge in [-0.05, 0) is 25.3 Å². The number of urea groups is 1. The van der Waals surface area contributed by atoms with Gasteiger partial charge in [0.05, 0.1) is 6.04 Å². The number of amides is 2. The molecule has 2 aromatic rings. The molecule has 0 saturated carbocycles. The Morgan fingerprint density at radius 2 is 2.04 bits per heavy atom. The molecule has 0 bridgehead atoms. The molecule has 3 N–H and O–H groups in total. The average molecular weight is 316 g/mol. The monoisotopic (exact) mass is 316 g/mol. The third-order valence-electron chi connectivity index (χ3n) is 3.83. The van der Waals surface area contributed by atoms with Crippen LogP contribution < -0.4 is 10.6 Å². The van der Waals surface area contributed by atoms with Crippen LogP contribution in [0.15, 0.2) is 42.6 Å². The summed E-state index contributed by atoms with van der Waals surface area (Å²) in [6.45, 7) is 4.08. The van der Waals surface area contributed by atoms with Crippen LogP contribution in [0.4, 0.5) is 10.6 Å². The zero-order valence-corrected chi connectivity index (χ0v) is 13.6. The summed E-state index contributed by atoms with van der Waals surface area (Å²) in [4.78, 5) is 12.0. The molecule has 0 radical (unpaired) electrons. The van der Waals surface area contributed by atoms with Crippen LogP contribution in [0.5, 0.6) is 0 Å². The lowest BCUT2D eigenvalue weighted by atomic mass is 10.1. The van der Waals surface area contributed by atoms with Gasteiger partial charge in [-0.2, -0.15) is 5.10 Å². The quantitative estimate of drug-likeness (QED) is 0.735. The number of benzene rings is 1. The number of aliphatic hydroxyl groups excluding tert-OH is 1. The Morgan fingerprint density at radius 1 is 1.30 bits per heavy atom. The predicted molar refractivity (Wildman–Crippen MR) is 90.4 cm³/mol. The molecule has 1 aromatic heterocycles. The number of aromatic nitrogens is 2. The molecule has 6 nitrogen and oxygen atoms in total. The van der Waals surface area contributed by atoms with Crippen molar-refractivity contribution in [3.63, 3.8) is 0 Å². The lowest BCUT2D eigenvalue weighted by Gasteiger charge is -2.15. The van der Waals surface area contributed by atoms with Crippen LogP contribution in [0.3, 0.4) is 0 Å². The average Bonchev–Trinajstić information content (AvgIpc) is 3.02. The van der Waals surface area contributed by atoms with Gasteiger partial charge < -0.3 is 10.4 Å². The summed E-state index contributed by atoms with van der Waals surface area (Å²) >= 11 is 0. The van der Waals surface area contributed by atoms with E-state index in [0.29, 0.717) is 12.2 Å². The summed E-state index contributed by atoms with van der Waals surface area (Å²) in [7, 11) is 0. The summed E-state index contributed by atoms with van der Waals surface area (Å²) in [5, 5.41) is 18.9. The minimum atomic E-state index is -0.303. The molecule has 1 heterocycles. The number of anilines is 1. The second-order valence-corrected chi connectivity index (χ2v) is 5.48. The van der Waals surface area contributed by atoms with E-state index in [1.165, 1.54) is 0 Å². The van der Waals surface area contributed by atoms with Gasteiger partial charge in [0.15, 0.2) is 5.82 Å². The fourth-order valence-corrected chi connectivity index (χ4v) is 2.38. The molecule has 0 saturated heterocycles. The molecule has 0 aliphatic heterocycles. The van der Waals surface area contributed by atoms with E-state index in [1.54, 1.807) is 6.07 Å². The van der Waals surface area contributed by atoms with E-state index in [4.69, 9.17) is 5.11 Å². The number of carbonyl (C=O) groups excluding carboxylic acids is 1. The van der Waals surface area contributed by atoms with Crippen molar-refractivity contribution >= 4 is 11.8 Å². The molecule has 6 heteroatoms. The zero-order chi connectivity index (χ0) is 16.7. The molecule has 1 aromatic carbocycles. The van der Waals surface area contributed by atoms with Crippen molar-refractivity contribution in [2.75, 3.05) is 11.9 Å². The number of hydrogen-bond acceptors (Lipinski definition) is 3. The summed E-state index contributed by atoms with van der Waals surface area (Å²) in [6, 6.07) is 11.6. The molecule has 23 heavy (non-hydrogen) atoms. The van der Waals surface area contributed by atoms with Crippen molar-refractivity contribution < 1.29 is 9.90 Å². The van der Waals surface area contributed by atoms with Crippen LogP contribution in [0, 0.1) is 0 Å². The molecule has 0 fully saturated rings. The van der Waals surface area contributed by atoms with Gasteiger partial charge in [0.2, 0.25) is 0 Å². The van der Waals surface area contributed by atoms with Crippen LogP contribution >= 0.6 is 0 Å². The van der Waals surface area contributed by atoms with Crippen LogP contribution in [0.25, 0.3) is 0 Å². The van der Waals surface area contributed by atoms with Crippen LogP contribution in [0.1, 0.15) is 38.3 Å². The van der Waals surface area contributed by atoms with Gasteiger partial charge in [-0.15, -0.1) is 0 Å². The third kappa shape index (κ3) is 4.82. The molecule has 0 aliphatic carbocycles. The molecule has 2 rings (SSSR count). The number of aliphatic hydroxyl groups is 1. The molecule has 2 unspecified atom stereocenters. The number of nitrogens with zero attached hydrogens (tertiary/aromatic N) is 2. The summed E-state index contributed by atoms with van der Waals surface area (Å²) in [5.41, 5.74) is 1.15. The summed E-state index contributed by atoms with van der Waals surface area (Å²) < 4.78 is 1.82. The third-order valence-corrected chi connectivity index (χ3v) is 3.83. The minimum Gasteiger partial charge on any atom is -0.396 e. The number of carbonyl (C=O) groups is 1. The van der Waals surface area contributed by atoms with Crippen LogP contribution in [0.2, 0.25) is 0 Å². The highest BCUT2D eigenvalue weighted by Gasteiger charge is 2.13. The highest BCUT2D eigenvalue weighted by Crippen LogP contribution is 2.17. The van der Waals surface area contributed by atoms with Gasteiger partial charge in [-0.1, -0.05) is 37.3 Å². The van der Waals surface area contributed by atoms with E-state index in [1.807, 2.05) is 48.1 Å². The van der Waals surface area contributed by atoms with Gasteiger partial charge in [0, 0.05) is 24.9 Å². The Morgan fingerprint density at radius 3 is 2.70 bits per heavy atom. The van der Waals surface area contributed by atoms with Gasteiger partial charge in [0.25, 0.3) is 0 Å². The van der Waals surface area contributed by atoms with Crippen molar-refractivity contribution in [2.24, 2.45) is 0 Å². The first-order chi connectivity index (χ1) is 11.1. The van der Waals surface area contributed by atoms with Crippen LogP contribution in [-0.2, 0) is 0 Å². The molecule has 124 valence electrons. The van der Waals surface area contributed by atoms with Gasteiger partial charge in [-0.25, -0.2) is 4.79 Å². The summed E-state index contributed by atoms with van der Waals surface area (Å²) in [5.74, 6) is 0.504. The Kier molecular flexibility index (Phi) is 6.17. The van der Waals surface area contributed by atoms with E-state index >= 15 is 0 Å². The maximum absolute atomic E-state index is 12.0. The predicted octanol–water partition coefficient (Wildman–Crippen LogP) is 2.77. The van der Waals surface area contributed by atoms with Crippen LogP contribution in [-0.4, -0.2) is 33.6 Å². The second-order valence-electron chi connectivity index (χ2n) is 5.48. The largest absolute Gasteiger partial charge is 0.396 e. The van der Waals surface area contributed by atoms with Gasteiger partial charge in [0.1, 0.15) is 0 Å². The Balaban J connectivity index is 1.95. The minimum absolute atomic E-state index is 0.0367. The second kappa shape index (κ2) is 8.33. The zero-order valence-electron chi connectivity index (χ0n) is 13.6. The van der Waals surface area contributed by atoms with Crippen molar-refractivity contribution in [1.82, 2.24) is 15.1 Å². The summed E-state index contributed by atoms with van der Waals surface area (Å²) in [6.07, 6.45) is 3.16. The molecule has 0 aliphatic rings. The molecular formula is C17H24N4O2. The Bertz CT molecular complexity index is 612. The van der Waals surface area contributed by atoms with E-state index in [0.717, 1.165) is 12.0 Å². The molecular weight excluding hydrogens is 292 g/mol. The Labute approximate surface area is 136 Å². The fraction of sp³-hybridized carbons (Fsp3) is 0.412. The number of nitrogens with one attached hydrogen (secondary N) is 2. The smallest absolute Gasteiger partial charge is 0.320 e. The maximum Gasteiger partial charge on any atom is 0.320 e. The standard InChI is InChI=1S/C17H24N4O2/c1-3-15(10-12-22)18-17(23)19-16-9-11-21(20-16)13(2)14-7-5-4-6-8-14/h4-9,11,13,15,22H,3,10,12H2,1-2H3,(H2,18,19,20,23). The lowest BCUT2D eigenvalue weighted by Crippen LogP contribution is -2.38. The maximum atomic E-state index is 12.0. The van der Waals surface area contributed by atoms with Crippen molar-refractivity contribution in [1.29, 1.82) is 0 Å². The number of rotatable bonds is 7. The normalized spacial score (nSPS) is 13.3. The molecule has 2 amide bonds. The first kappa shape index (κ1) is 17.0. The SMILES string of the molecule is CCC(CCO)NC(=O)Nc1ccn(C(C)c2ccccc2)n1. The Hall–Kier alpha value is -2.34. The van der Waals surface area contributed by atoms with Gasteiger partial charge in [-0.3, -0.25) is 10.00 Å². The topological polar surface area (TPSA) is 79.2 Å².